The molecule has 3 nitrogen and oxygen atoms in total. The van der Waals surface area contributed by atoms with Gasteiger partial charge in [-0.2, -0.15) is 0 Å². The predicted molar refractivity (Wildman–Crippen MR) is 104 cm³/mol. The molecule has 1 aromatic heterocycles. The topological polar surface area (TPSA) is 27.1 Å². The number of ether oxygens (including phenoxy) is 1. The zero-order valence-electron chi connectivity index (χ0n) is 15.8. The number of fused-ring (bicyclic) bond motifs is 1. The average Bonchev–Trinajstić information content (AvgIpc) is 3.08. The van der Waals surface area contributed by atoms with Crippen LogP contribution in [0.25, 0.3) is 6.08 Å². The van der Waals surface area contributed by atoms with E-state index in [-0.39, 0.29) is 0 Å². The summed E-state index contributed by atoms with van der Waals surface area (Å²) >= 11 is 0. The molecule has 3 heteroatoms. The number of aryl methyl sites for hydroxylation is 1. The van der Waals surface area contributed by atoms with Gasteiger partial charge in [0.05, 0.1) is 7.11 Å². The van der Waals surface area contributed by atoms with Gasteiger partial charge < -0.3 is 9.30 Å². The Labute approximate surface area is 151 Å². The van der Waals surface area contributed by atoms with Crippen molar-refractivity contribution in [2.45, 2.75) is 65.3 Å². The van der Waals surface area contributed by atoms with Gasteiger partial charge in [0, 0.05) is 25.4 Å². The summed E-state index contributed by atoms with van der Waals surface area (Å²) < 4.78 is 7.89. The lowest BCUT2D eigenvalue weighted by Crippen LogP contribution is -2.08. The second-order valence-electron chi connectivity index (χ2n) is 6.90. The summed E-state index contributed by atoms with van der Waals surface area (Å²) in [6, 6.07) is 4.38. The summed E-state index contributed by atoms with van der Waals surface area (Å²) in [7, 11) is 1.78. The fourth-order valence-corrected chi connectivity index (χ4v) is 3.82. The molecule has 0 atom stereocenters. The molecule has 1 aromatic carbocycles. The van der Waals surface area contributed by atoms with E-state index in [1.54, 1.807) is 7.11 Å². The Morgan fingerprint density at radius 1 is 1.20 bits per heavy atom. The van der Waals surface area contributed by atoms with Crippen LogP contribution in [0.15, 0.2) is 30.1 Å². The summed E-state index contributed by atoms with van der Waals surface area (Å²) in [6.07, 6.45) is 14.5. The second-order valence-corrected chi connectivity index (χ2v) is 6.90. The molecule has 1 aliphatic rings. The smallest absolute Gasteiger partial charge is 0.122 e. The summed E-state index contributed by atoms with van der Waals surface area (Å²) in [4.78, 5) is 4.51. The van der Waals surface area contributed by atoms with E-state index >= 15 is 0 Å². The molecule has 0 spiro atoms. The number of nitrogens with zero attached hydrogens (tertiary/aromatic N) is 2. The SMILES string of the molecule is CCCc1nccn1C/C(=C/c1ccc(OC)c2c1CCCC2)CC. The Morgan fingerprint density at radius 3 is 2.72 bits per heavy atom. The van der Waals surface area contributed by atoms with Crippen LogP contribution >= 0.6 is 0 Å². The predicted octanol–water partition coefficient (Wildman–Crippen LogP) is 5.22. The van der Waals surface area contributed by atoms with Crippen molar-refractivity contribution in [1.29, 1.82) is 0 Å². The van der Waals surface area contributed by atoms with E-state index in [0.717, 1.165) is 38.0 Å². The van der Waals surface area contributed by atoms with Crippen LogP contribution in [0, 0.1) is 0 Å². The number of methoxy groups -OCH3 is 1. The van der Waals surface area contributed by atoms with Gasteiger partial charge in [-0.15, -0.1) is 0 Å². The van der Waals surface area contributed by atoms with Crippen molar-refractivity contribution < 1.29 is 4.74 Å². The number of imidazole rings is 1. The third kappa shape index (κ3) is 3.97. The minimum atomic E-state index is 0.937. The van der Waals surface area contributed by atoms with E-state index in [1.807, 2.05) is 6.20 Å². The minimum absolute atomic E-state index is 0.937. The fraction of sp³-hybridized carbons (Fsp3) is 0.500. The van der Waals surface area contributed by atoms with Crippen LogP contribution < -0.4 is 4.74 Å². The molecule has 0 bridgehead atoms. The van der Waals surface area contributed by atoms with E-state index < -0.39 is 0 Å². The Morgan fingerprint density at radius 2 is 2.00 bits per heavy atom. The van der Waals surface area contributed by atoms with Crippen LogP contribution in [-0.4, -0.2) is 16.7 Å². The van der Waals surface area contributed by atoms with Crippen LogP contribution in [0.3, 0.4) is 0 Å². The van der Waals surface area contributed by atoms with Crippen LogP contribution in [-0.2, 0) is 25.8 Å². The molecule has 0 radical (unpaired) electrons. The number of hydrogen-bond donors (Lipinski definition) is 0. The number of allylic oxidation sites excluding steroid dienone is 1. The molecule has 0 amide bonds. The number of benzene rings is 1. The molecule has 2 aromatic rings. The van der Waals surface area contributed by atoms with Crippen LogP contribution in [0.4, 0.5) is 0 Å². The second kappa shape index (κ2) is 8.37. The normalized spacial score (nSPS) is 14.4. The van der Waals surface area contributed by atoms with Crippen molar-refractivity contribution in [3.05, 3.63) is 52.6 Å². The highest BCUT2D eigenvalue weighted by Crippen LogP contribution is 2.33. The Balaban J connectivity index is 1.91. The lowest BCUT2D eigenvalue weighted by Gasteiger charge is -2.21. The molecule has 0 saturated heterocycles. The van der Waals surface area contributed by atoms with Crippen LogP contribution in [0.2, 0.25) is 0 Å². The summed E-state index contributed by atoms with van der Waals surface area (Å²) in [5.74, 6) is 2.25. The van der Waals surface area contributed by atoms with Gasteiger partial charge in [-0.1, -0.05) is 31.6 Å². The quantitative estimate of drug-likeness (QED) is 0.692. The molecule has 3 rings (SSSR count). The highest BCUT2D eigenvalue weighted by atomic mass is 16.5. The van der Waals surface area contributed by atoms with Crippen LogP contribution in [0.1, 0.15) is 62.0 Å². The van der Waals surface area contributed by atoms with Crippen molar-refractivity contribution >= 4 is 6.08 Å². The largest absolute Gasteiger partial charge is 0.496 e. The number of rotatable bonds is 7. The van der Waals surface area contributed by atoms with Crippen molar-refractivity contribution in [3.8, 4) is 5.75 Å². The van der Waals surface area contributed by atoms with Gasteiger partial charge in [0.2, 0.25) is 0 Å². The first kappa shape index (κ1) is 17.8. The lowest BCUT2D eigenvalue weighted by atomic mass is 9.87. The van der Waals surface area contributed by atoms with Gasteiger partial charge in [-0.25, -0.2) is 4.98 Å². The highest BCUT2D eigenvalue weighted by Gasteiger charge is 2.17. The van der Waals surface area contributed by atoms with E-state index in [0.29, 0.717) is 0 Å². The van der Waals surface area contributed by atoms with Crippen LogP contribution in [0.5, 0.6) is 5.75 Å². The fourth-order valence-electron chi connectivity index (χ4n) is 3.82. The minimum Gasteiger partial charge on any atom is -0.496 e. The van der Waals surface area contributed by atoms with Crippen molar-refractivity contribution in [3.63, 3.8) is 0 Å². The van der Waals surface area contributed by atoms with Gasteiger partial charge in [0.15, 0.2) is 0 Å². The molecular formula is C22H30N2O. The molecule has 1 aliphatic carbocycles. The maximum atomic E-state index is 5.59. The zero-order chi connectivity index (χ0) is 17.6. The molecule has 0 fully saturated rings. The van der Waals surface area contributed by atoms with E-state index in [4.69, 9.17) is 4.74 Å². The summed E-state index contributed by atoms with van der Waals surface area (Å²) in [5.41, 5.74) is 5.75. The first-order chi connectivity index (χ1) is 12.3. The maximum Gasteiger partial charge on any atom is 0.122 e. The van der Waals surface area contributed by atoms with Crippen molar-refractivity contribution in [2.24, 2.45) is 0 Å². The van der Waals surface area contributed by atoms with E-state index in [2.05, 4.69) is 47.8 Å². The molecular weight excluding hydrogens is 308 g/mol. The Bertz CT molecular complexity index is 742. The van der Waals surface area contributed by atoms with E-state index in [1.165, 1.54) is 47.4 Å². The molecule has 0 unspecified atom stereocenters. The summed E-state index contributed by atoms with van der Waals surface area (Å²) in [6.45, 7) is 5.39. The first-order valence-electron chi connectivity index (χ1n) is 9.65. The lowest BCUT2D eigenvalue weighted by molar-refractivity contribution is 0.406. The Hall–Kier alpha value is -2.03. The zero-order valence-corrected chi connectivity index (χ0v) is 15.8. The van der Waals surface area contributed by atoms with Gasteiger partial charge in [0.25, 0.3) is 0 Å². The van der Waals surface area contributed by atoms with Gasteiger partial charge in [-0.05, 0) is 61.3 Å². The molecule has 0 saturated carbocycles. The van der Waals surface area contributed by atoms with E-state index in [9.17, 15) is 0 Å². The monoisotopic (exact) mass is 338 g/mol. The maximum absolute atomic E-state index is 5.59. The third-order valence-corrected chi connectivity index (χ3v) is 5.21. The summed E-state index contributed by atoms with van der Waals surface area (Å²) in [5, 5.41) is 0. The van der Waals surface area contributed by atoms with Crippen molar-refractivity contribution in [2.75, 3.05) is 7.11 Å². The van der Waals surface area contributed by atoms with Gasteiger partial charge >= 0.3 is 0 Å². The van der Waals surface area contributed by atoms with Gasteiger partial charge in [-0.3, -0.25) is 0 Å². The molecule has 1 heterocycles. The molecule has 0 aliphatic heterocycles. The first-order valence-corrected chi connectivity index (χ1v) is 9.65. The van der Waals surface area contributed by atoms with Crippen molar-refractivity contribution in [1.82, 2.24) is 9.55 Å². The third-order valence-electron chi connectivity index (χ3n) is 5.21. The number of hydrogen-bond acceptors (Lipinski definition) is 2. The molecule has 0 N–H and O–H groups in total. The highest BCUT2D eigenvalue weighted by molar-refractivity contribution is 5.62. The number of aromatic nitrogens is 2. The standard InChI is InChI=1S/C22H30N2O/c1-4-8-22-23-13-14-24(22)16-17(5-2)15-18-11-12-21(25-3)20-10-7-6-9-19(18)20/h11-15H,4-10,16H2,1-3H3/b17-15+. The van der Waals surface area contributed by atoms with Gasteiger partial charge in [0.1, 0.15) is 11.6 Å². The average molecular weight is 338 g/mol. The Kier molecular flexibility index (Phi) is 5.95. The molecule has 25 heavy (non-hydrogen) atoms. The molecule has 134 valence electrons.